The van der Waals surface area contributed by atoms with Gasteiger partial charge < -0.3 is 4.55 Å². The van der Waals surface area contributed by atoms with E-state index in [9.17, 15) is 17.8 Å². The van der Waals surface area contributed by atoms with Gasteiger partial charge in [-0.25, -0.2) is 8.42 Å². The fourth-order valence-electron chi connectivity index (χ4n) is 1.68. The van der Waals surface area contributed by atoms with Crippen molar-refractivity contribution in [3.63, 3.8) is 0 Å². The van der Waals surface area contributed by atoms with Crippen LogP contribution in [-0.4, -0.2) is 18.8 Å². The third-order valence-electron chi connectivity index (χ3n) is 2.66. The molecular formula is C16H17NO4S. The molecule has 0 aliphatic carbocycles. The van der Waals surface area contributed by atoms with Crippen LogP contribution in [0, 0.1) is 0 Å². The van der Waals surface area contributed by atoms with Gasteiger partial charge >= 0.3 is 0 Å². The molecule has 2 rings (SSSR count). The Kier molecular flexibility index (Phi) is 6.62. The standard InChI is InChI=1S/C10H12NO.C6H6O3S/c1-3-7-11-8-5-4-6-10(11)9(2)12;7-10(8,9)6-4-2-1-3-5-6/h3-6,8H,1,7H2,2H3;1-5H,(H,7,8,9)/q+1;/p-1. The van der Waals surface area contributed by atoms with Gasteiger partial charge in [-0.3, -0.25) is 4.79 Å². The van der Waals surface area contributed by atoms with Crippen LogP contribution in [0.25, 0.3) is 0 Å². The average Bonchev–Trinajstić information content (AvgIpc) is 2.49. The summed E-state index contributed by atoms with van der Waals surface area (Å²) >= 11 is 0. The van der Waals surface area contributed by atoms with Gasteiger partial charge in [0.25, 0.3) is 0 Å². The van der Waals surface area contributed by atoms with E-state index in [0.29, 0.717) is 6.54 Å². The van der Waals surface area contributed by atoms with Crippen LogP contribution < -0.4 is 4.57 Å². The Morgan fingerprint density at radius 2 is 1.77 bits per heavy atom. The molecule has 0 unspecified atom stereocenters. The summed E-state index contributed by atoms with van der Waals surface area (Å²) in [5.41, 5.74) is 0.720. The van der Waals surface area contributed by atoms with Gasteiger partial charge in [-0.2, -0.15) is 4.57 Å². The molecule has 0 bridgehead atoms. The second-order valence-corrected chi connectivity index (χ2v) is 5.73. The number of aromatic nitrogens is 1. The molecule has 0 spiro atoms. The smallest absolute Gasteiger partial charge is 0.248 e. The van der Waals surface area contributed by atoms with Crippen molar-refractivity contribution in [2.75, 3.05) is 0 Å². The third-order valence-corrected chi connectivity index (χ3v) is 3.51. The lowest BCUT2D eigenvalue weighted by atomic mass is 10.2. The SMILES string of the molecule is C=CC[n+]1ccccc1C(C)=O.O=S(=O)([O-])c1ccccc1. The average molecular weight is 319 g/mol. The Labute approximate surface area is 130 Å². The molecule has 0 atom stereocenters. The van der Waals surface area contributed by atoms with Crippen LogP contribution in [0.1, 0.15) is 17.4 Å². The molecule has 0 radical (unpaired) electrons. The molecule has 1 aromatic heterocycles. The Hall–Kier alpha value is -2.31. The lowest BCUT2D eigenvalue weighted by Gasteiger charge is -2.04. The van der Waals surface area contributed by atoms with Crippen LogP contribution >= 0.6 is 0 Å². The van der Waals surface area contributed by atoms with E-state index >= 15 is 0 Å². The minimum Gasteiger partial charge on any atom is -0.744 e. The highest BCUT2D eigenvalue weighted by atomic mass is 32.2. The summed E-state index contributed by atoms with van der Waals surface area (Å²) in [6, 6.07) is 12.8. The zero-order valence-electron chi connectivity index (χ0n) is 12.2. The van der Waals surface area contributed by atoms with Gasteiger partial charge in [0.15, 0.2) is 12.7 Å². The van der Waals surface area contributed by atoms with Crippen molar-refractivity contribution in [3.8, 4) is 0 Å². The first kappa shape index (κ1) is 17.7. The first-order valence-electron chi connectivity index (χ1n) is 6.47. The van der Waals surface area contributed by atoms with Gasteiger partial charge in [-0.1, -0.05) is 24.8 Å². The van der Waals surface area contributed by atoms with Gasteiger partial charge in [0.2, 0.25) is 11.5 Å². The van der Waals surface area contributed by atoms with E-state index in [1.807, 2.05) is 29.0 Å². The van der Waals surface area contributed by atoms with E-state index in [-0.39, 0.29) is 10.7 Å². The molecule has 6 heteroatoms. The van der Waals surface area contributed by atoms with Crippen molar-refractivity contribution in [2.45, 2.75) is 18.4 Å². The fraction of sp³-hybridized carbons (Fsp3) is 0.125. The van der Waals surface area contributed by atoms with Crippen molar-refractivity contribution in [3.05, 3.63) is 73.1 Å². The molecule has 22 heavy (non-hydrogen) atoms. The van der Waals surface area contributed by atoms with Crippen LogP contribution in [0.15, 0.2) is 72.3 Å². The van der Waals surface area contributed by atoms with Crippen LogP contribution in [-0.2, 0) is 16.7 Å². The largest absolute Gasteiger partial charge is 0.744 e. The molecule has 0 saturated carbocycles. The number of nitrogens with zero attached hydrogens (tertiary/aromatic N) is 1. The van der Waals surface area contributed by atoms with Crippen molar-refractivity contribution in [1.82, 2.24) is 0 Å². The topological polar surface area (TPSA) is 78.1 Å². The lowest BCUT2D eigenvalue weighted by Crippen LogP contribution is -2.38. The van der Waals surface area contributed by atoms with E-state index in [0.717, 1.165) is 5.69 Å². The summed E-state index contributed by atoms with van der Waals surface area (Å²) in [5.74, 6) is 0.0810. The molecule has 0 amide bonds. The first-order chi connectivity index (χ1) is 10.4. The number of allylic oxidation sites excluding steroid dienone is 1. The predicted molar refractivity (Wildman–Crippen MR) is 81.2 cm³/mol. The molecule has 1 aromatic carbocycles. The van der Waals surface area contributed by atoms with E-state index < -0.39 is 10.1 Å². The molecule has 1 heterocycles. The van der Waals surface area contributed by atoms with E-state index in [2.05, 4.69) is 6.58 Å². The minimum atomic E-state index is -4.25. The number of carbonyl (C=O) groups is 1. The van der Waals surface area contributed by atoms with Crippen LogP contribution in [0.3, 0.4) is 0 Å². The van der Waals surface area contributed by atoms with Gasteiger partial charge in [-0.15, -0.1) is 0 Å². The molecule has 2 aromatic rings. The number of ketones is 1. The minimum absolute atomic E-state index is 0.0810. The maximum Gasteiger partial charge on any atom is 0.248 e. The summed E-state index contributed by atoms with van der Waals surface area (Å²) in [4.78, 5) is 10.9. The van der Waals surface area contributed by atoms with Crippen LogP contribution in [0.2, 0.25) is 0 Å². The molecule has 0 N–H and O–H groups in total. The van der Waals surface area contributed by atoms with E-state index in [1.54, 1.807) is 19.1 Å². The second kappa shape index (κ2) is 8.21. The lowest BCUT2D eigenvalue weighted by molar-refractivity contribution is -0.688. The summed E-state index contributed by atoms with van der Waals surface area (Å²) in [7, 11) is -4.25. The summed E-state index contributed by atoms with van der Waals surface area (Å²) in [6.07, 6.45) is 3.64. The van der Waals surface area contributed by atoms with Crippen molar-refractivity contribution in [1.29, 1.82) is 0 Å². The number of benzene rings is 1. The van der Waals surface area contributed by atoms with E-state index in [1.165, 1.54) is 24.3 Å². The Bertz CT molecular complexity index is 740. The molecule has 0 aliphatic rings. The zero-order chi connectivity index (χ0) is 16.6. The van der Waals surface area contributed by atoms with Gasteiger partial charge in [-0.05, 0) is 24.3 Å². The van der Waals surface area contributed by atoms with Crippen LogP contribution in [0.5, 0.6) is 0 Å². The first-order valence-corrected chi connectivity index (χ1v) is 7.88. The number of pyridine rings is 1. The van der Waals surface area contributed by atoms with Crippen LogP contribution in [0.4, 0.5) is 0 Å². The molecule has 5 nitrogen and oxygen atoms in total. The van der Waals surface area contributed by atoms with Crippen molar-refractivity contribution >= 4 is 15.9 Å². The number of carbonyl (C=O) groups excluding carboxylic acids is 1. The quantitative estimate of drug-likeness (QED) is 0.373. The maximum atomic E-state index is 11.1. The summed E-state index contributed by atoms with van der Waals surface area (Å²) in [5, 5.41) is 0. The van der Waals surface area contributed by atoms with Gasteiger partial charge in [0, 0.05) is 19.1 Å². The van der Waals surface area contributed by atoms with Crippen molar-refractivity contribution in [2.24, 2.45) is 0 Å². The highest BCUT2D eigenvalue weighted by Gasteiger charge is 2.11. The predicted octanol–water partition coefficient (Wildman–Crippen LogP) is 1.95. The number of hydrogen-bond acceptors (Lipinski definition) is 4. The van der Waals surface area contributed by atoms with Gasteiger partial charge in [0.05, 0.1) is 4.90 Å². The van der Waals surface area contributed by atoms with Gasteiger partial charge in [0.1, 0.15) is 10.1 Å². The Morgan fingerprint density at radius 1 is 1.18 bits per heavy atom. The maximum absolute atomic E-state index is 11.1. The molecule has 0 fully saturated rings. The highest BCUT2D eigenvalue weighted by Crippen LogP contribution is 2.04. The fourth-order valence-corrected chi connectivity index (χ4v) is 2.17. The number of rotatable bonds is 4. The van der Waals surface area contributed by atoms with Crippen molar-refractivity contribution < 1.29 is 22.3 Å². The third kappa shape index (κ3) is 5.59. The summed E-state index contributed by atoms with van der Waals surface area (Å²) < 4.78 is 32.7. The molecule has 116 valence electrons. The second-order valence-electron chi connectivity index (χ2n) is 4.35. The number of Topliss-reactive ketones (excluding diaryl/α,β-unsaturated/α-hetero) is 1. The highest BCUT2D eigenvalue weighted by molar-refractivity contribution is 7.85. The zero-order valence-corrected chi connectivity index (χ0v) is 13.0. The Morgan fingerprint density at radius 3 is 2.23 bits per heavy atom. The molecule has 0 saturated heterocycles. The molecule has 0 aliphatic heterocycles. The normalized spacial score (nSPS) is 10.3. The van der Waals surface area contributed by atoms with E-state index in [4.69, 9.17) is 0 Å². The summed E-state index contributed by atoms with van der Waals surface area (Å²) in [6.45, 7) is 5.87. The Balaban J connectivity index is 0.000000224. The molecular weight excluding hydrogens is 302 g/mol. The number of hydrogen-bond donors (Lipinski definition) is 0. The monoisotopic (exact) mass is 319 g/mol.